The summed E-state index contributed by atoms with van der Waals surface area (Å²) in [7, 11) is -16.5. The van der Waals surface area contributed by atoms with Crippen LogP contribution in [0.15, 0.2) is 36.9 Å². The van der Waals surface area contributed by atoms with Gasteiger partial charge in [0.1, 0.15) is 42.0 Å². The van der Waals surface area contributed by atoms with Crippen molar-refractivity contribution in [2.45, 2.75) is 134 Å². The lowest BCUT2D eigenvalue weighted by atomic mass is 9.87. The number of nitrogen functional groups attached to an aromatic ring is 1. The number of nitrogens with two attached hydrogens (primary N) is 1. The minimum atomic E-state index is -5.60. The highest BCUT2D eigenvalue weighted by molar-refractivity contribution is 7.61. The molecule has 26 nitrogen and oxygen atoms in total. The van der Waals surface area contributed by atoms with Crippen LogP contribution in [0.25, 0.3) is 11.2 Å². The number of aliphatic hydroxyl groups excluding tert-OH is 2. The third-order valence-corrected chi connectivity index (χ3v) is 16.4. The molecule has 400 valence electrons. The van der Waals surface area contributed by atoms with Gasteiger partial charge in [0.2, 0.25) is 11.8 Å². The number of nitrogens with zero attached hydrogens (tertiary/aromatic N) is 4. The second kappa shape index (κ2) is 23.6. The largest absolute Gasteiger partial charge is 0.481 e. The second-order valence-corrected chi connectivity index (χ2v) is 23.5. The minimum Gasteiger partial charge on any atom is -0.481 e. The molecule has 2 aliphatic carbocycles. The van der Waals surface area contributed by atoms with Crippen molar-refractivity contribution in [1.82, 2.24) is 30.2 Å². The lowest BCUT2D eigenvalue weighted by Crippen LogP contribution is -2.46. The zero-order chi connectivity index (χ0) is 52.7. The standard InChI is InChI=1S/C43H64N7O19P3/c1-41(2,24-66-72(63,64)69-71(61,62)65-23-29-34(68-70(58,59)60)33(53)39(67-29)50-26-49-32-36(44)47-25-48-37(32)50)35(54)38(55)46-22-14-31(52)45-21-13-30(51)42(17-18-42)15-7-5-11-27-9-3-4-10-28(27)12-6-8-16-43(19-20-43)40(56)57/h3-4,9-10,25-26,29,33-35,39,53-54H,5-8,11-24H2,1-2H3,(H,45,52)(H,46,55)(H,56,57)(H,61,62)(H,63,64)(H2,44,47,48)(H2,58,59,60). The maximum Gasteiger partial charge on any atom is 0.481 e. The number of anilines is 1. The van der Waals surface area contributed by atoms with E-state index in [1.807, 2.05) is 12.1 Å². The van der Waals surface area contributed by atoms with Gasteiger partial charge in [0.05, 0.1) is 25.0 Å². The van der Waals surface area contributed by atoms with Crippen LogP contribution in [0.2, 0.25) is 0 Å². The van der Waals surface area contributed by atoms with E-state index in [0.29, 0.717) is 0 Å². The van der Waals surface area contributed by atoms with E-state index in [1.165, 1.54) is 25.0 Å². The summed E-state index contributed by atoms with van der Waals surface area (Å²) in [6.07, 6.45) is 3.19. The molecule has 3 aliphatic rings. The van der Waals surface area contributed by atoms with Crippen molar-refractivity contribution in [3.8, 4) is 0 Å². The monoisotopic (exact) mass is 1080 g/mol. The van der Waals surface area contributed by atoms with E-state index in [-0.39, 0.29) is 54.1 Å². The van der Waals surface area contributed by atoms with E-state index in [4.69, 9.17) is 19.5 Å². The third kappa shape index (κ3) is 15.5. The van der Waals surface area contributed by atoms with Crippen LogP contribution in [0, 0.1) is 16.2 Å². The molecule has 2 amide bonds. The fourth-order valence-electron chi connectivity index (χ4n) is 8.66. The number of ketones is 1. The number of carboxylic acid groups (broad SMARTS) is 1. The van der Waals surface area contributed by atoms with Gasteiger partial charge in [-0.3, -0.25) is 37.3 Å². The van der Waals surface area contributed by atoms with E-state index in [0.717, 1.165) is 94.3 Å². The number of phosphoric acid groups is 3. The number of hydrogen-bond acceptors (Lipinski definition) is 18. The van der Waals surface area contributed by atoms with Gasteiger partial charge in [-0.2, -0.15) is 4.31 Å². The molecule has 2 aromatic heterocycles. The molecule has 0 bridgehead atoms. The van der Waals surface area contributed by atoms with Crippen LogP contribution in [0.1, 0.15) is 108 Å². The molecule has 72 heavy (non-hydrogen) atoms. The first-order valence-corrected chi connectivity index (χ1v) is 28.0. The average Bonchev–Trinajstić information content (AvgIpc) is 4.22. The number of amides is 2. The van der Waals surface area contributed by atoms with E-state index < -0.39 is 95.9 Å². The van der Waals surface area contributed by atoms with Gasteiger partial charge in [-0.25, -0.2) is 28.6 Å². The topological polar surface area (TPSA) is 401 Å². The Morgan fingerprint density at radius 2 is 1.47 bits per heavy atom. The summed E-state index contributed by atoms with van der Waals surface area (Å²) < 4.78 is 62.6. The summed E-state index contributed by atoms with van der Waals surface area (Å²) in [6.45, 7) is 0.358. The minimum absolute atomic E-state index is 0.0261. The Morgan fingerprint density at radius 3 is 2.07 bits per heavy atom. The summed E-state index contributed by atoms with van der Waals surface area (Å²) in [5.41, 5.74) is 5.94. The number of carbonyl (C=O) groups is 4. The molecule has 6 rings (SSSR count). The number of hydrogen-bond donors (Lipinski definition) is 10. The lowest BCUT2D eigenvalue weighted by Gasteiger charge is -2.30. The molecule has 11 N–H and O–H groups in total. The van der Waals surface area contributed by atoms with Gasteiger partial charge in [0, 0.05) is 36.8 Å². The van der Waals surface area contributed by atoms with Crippen LogP contribution < -0.4 is 16.4 Å². The smallest absolute Gasteiger partial charge is 0.481 e. The van der Waals surface area contributed by atoms with Crippen molar-refractivity contribution >= 4 is 64.0 Å². The van der Waals surface area contributed by atoms with E-state index in [2.05, 4.69) is 46.6 Å². The number of aryl methyl sites for hydroxylation is 2. The van der Waals surface area contributed by atoms with Gasteiger partial charge in [0.15, 0.2) is 17.7 Å². The number of carboxylic acids is 1. The van der Waals surface area contributed by atoms with E-state index in [1.54, 1.807) is 0 Å². The highest BCUT2D eigenvalue weighted by atomic mass is 31.3. The molecule has 29 heteroatoms. The van der Waals surface area contributed by atoms with E-state index >= 15 is 0 Å². The van der Waals surface area contributed by atoms with Crippen molar-refractivity contribution in [1.29, 1.82) is 0 Å². The summed E-state index contributed by atoms with van der Waals surface area (Å²) in [6, 6.07) is 8.30. The molecule has 1 aromatic carbocycles. The van der Waals surface area contributed by atoms with Gasteiger partial charge in [0.25, 0.3) is 0 Å². The Labute approximate surface area is 414 Å². The number of Topliss-reactive ketones (excluding diaryl/α,β-unsaturated/α-hetero) is 1. The highest BCUT2D eigenvalue weighted by Crippen LogP contribution is 2.61. The van der Waals surface area contributed by atoms with Gasteiger partial charge >= 0.3 is 29.4 Å². The first-order valence-electron chi connectivity index (χ1n) is 23.5. The number of carbonyl (C=O) groups excluding carboxylic acids is 3. The predicted octanol–water partition coefficient (Wildman–Crippen LogP) is 3.13. The summed E-state index contributed by atoms with van der Waals surface area (Å²) >= 11 is 0. The normalized spacial score (nSPS) is 22.4. The first kappa shape index (κ1) is 57.2. The number of aliphatic carboxylic acids is 1. The highest BCUT2D eigenvalue weighted by Gasteiger charge is 2.51. The molecule has 2 saturated carbocycles. The summed E-state index contributed by atoms with van der Waals surface area (Å²) in [5.74, 6) is -2.08. The fourth-order valence-corrected chi connectivity index (χ4v) is 11.5. The van der Waals surface area contributed by atoms with Crippen molar-refractivity contribution in [2.75, 3.05) is 32.0 Å². The number of unbranched alkanes of at least 4 members (excludes halogenated alkanes) is 2. The molecule has 3 fully saturated rings. The van der Waals surface area contributed by atoms with Gasteiger partial charge < -0.3 is 56.0 Å². The van der Waals surface area contributed by atoms with Crippen molar-refractivity contribution in [3.05, 3.63) is 48.0 Å². The van der Waals surface area contributed by atoms with Crippen LogP contribution in [0.3, 0.4) is 0 Å². The number of fused-ring (bicyclic) bond motifs is 1. The average molecular weight is 1080 g/mol. The van der Waals surface area contributed by atoms with Crippen molar-refractivity contribution < 1.29 is 90.4 Å². The van der Waals surface area contributed by atoms with Crippen LogP contribution in [-0.2, 0) is 68.3 Å². The Balaban J connectivity index is 0.861. The van der Waals surface area contributed by atoms with Crippen LogP contribution in [0.5, 0.6) is 0 Å². The third-order valence-electron chi connectivity index (χ3n) is 13.3. The quantitative estimate of drug-likeness (QED) is 0.0327. The zero-order valence-electron chi connectivity index (χ0n) is 39.8. The van der Waals surface area contributed by atoms with Crippen LogP contribution in [-0.4, -0.2) is 129 Å². The lowest BCUT2D eigenvalue weighted by molar-refractivity contribution is -0.143. The molecule has 7 atom stereocenters. The molecule has 3 heterocycles. The Morgan fingerprint density at radius 1 is 0.875 bits per heavy atom. The second-order valence-electron chi connectivity index (χ2n) is 19.3. The number of nitrogens with one attached hydrogen (secondary N) is 2. The zero-order valence-corrected chi connectivity index (χ0v) is 42.5. The molecule has 3 aromatic rings. The molecule has 0 radical (unpaired) electrons. The fraction of sp³-hybridized carbons (Fsp3) is 0.651. The molecule has 7 unspecified atom stereocenters. The van der Waals surface area contributed by atoms with E-state index in [9.17, 15) is 67.8 Å². The number of phosphoric ester groups is 3. The molecule has 1 aliphatic heterocycles. The Bertz CT molecular complexity index is 2570. The maximum atomic E-state index is 13.2. The maximum absolute atomic E-state index is 13.2. The van der Waals surface area contributed by atoms with Gasteiger partial charge in [-0.15, -0.1) is 0 Å². The number of aromatic nitrogens is 4. The van der Waals surface area contributed by atoms with Crippen LogP contribution >= 0.6 is 23.5 Å². The summed E-state index contributed by atoms with van der Waals surface area (Å²) in [4.78, 5) is 101. The number of aliphatic hydroxyl groups is 2. The van der Waals surface area contributed by atoms with Crippen molar-refractivity contribution in [2.24, 2.45) is 16.2 Å². The molecular formula is C43H64N7O19P3. The molecule has 1 saturated heterocycles. The van der Waals surface area contributed by atoms with Crippen LogP contribution in [0.4, 0.5) is 5.82 Å². The SMILES string of the molecule is CC(C)(COP(=O)(O)OP(=O)(O)OCC1OC(n2cnc3c(N)ncnc32)C(O)C1OP(=O)(O)O)C(O)C(=O)NCCC(=O)NCCC(=O)C1(CCCCc2ccccc2CCCCC2(C(=O)O)CC2)CC1. The first-order chi connectivity index (χ1) is 33.8. The number of imidazole rings is 1. The van der Waals surface area contributed by atoms with Gasteiger partial charge in [-0.05, 0) is 75.3 Å². The van der Waals surface area contributed by atoms with Gasteiger partial charge in [-0.1, -0.05) is 51.0 Å². The summed E-state index contributed by atoms with van der Waals surface area (Å²) in [5, 5.41) is 36.2. The Kier molecular flexibility index (Phi) is 18.8. The molecule has 0 spiro atoms. The van der Waals surface area contributed by atoms with Crippen molar-refractivity contribution in [3.63, 3.8) is 0 Å². The molecular weight excluding hydrogens is 1010 g/mol. The number of benzene rings is 1. The Hall–Kier alpha value is -4.10. The predicted molar refractivity (Wildman–Crippen MR) is 252 cm³/mol. The number of ether oxygens (including phenoxy) is 1. The number of rotatable bonds is 31.